The van der Waals surface area contributed by atoms with Gasteiger partial charge in [0.2, 0.25) is 0 Å². The summed E-state index contributed by atoms with van der Waals surface area (Å²) in [5.41, 5.74) is 6.82. The average Bonchev–Trinajstić information content (AvgIpc) is 2.30. The molecule has 0 spiro atoms. The second-order valence-electron chi connectivity index (χ2n) is 4.09. The molecule has 3 unspecified atom stereocenters. The van der Waals surface area contributed by atoms with Crippen LogP contribution in [0.3, 0.4) is 0 Å². The number of hydrogen-bond donors (Lipinski definition) is 2. The zero-order valence-corrected chi connectivity index (χ0v) is 9.56. The Labute approximate surface area is 92.1 Å². The number of aliphatic hydroxyl groups is 1. The maximum atomic E-state index is 10.2. The highest BCUT2D eigenvalue weighted by molar-refractivity contribution is 5.20. The van der Waals surface area contributed by atoms with Gasteiger partial charge in [0.25, 0.3) is 0 Å². The van der Waals surface area contributed by atoms with Gasteiger partial charge in [-0.05, 0) is 24.4 Å². The molecular weight excluding hydrogens is 186 g/mol. The highest BCUT2D eigenvalue weighted by atomic mass is 16.3. The van der Waals surface area contributed by atoms with Gasteiger partial charge in [-0.2, -0.15) is 0 Å². The van der Waals surface area contributed by atoms with Crippen LogP contribution in [-0.2, 0) is 0 Å². The van der Waals surface area contributed by atoms with E-state index >= 15 is 0 Å². The van der Waals surface area contributed by atoms with Crippen molar-refractivity contribution in [2.45, 2.75) is 32.3 Å². The summed E-state index contributed by atoms with van der Waals surface area (Å²) in [6, 6.07) is 10.1. The third-order valence-corrected chi connectivity index (χ3v) is 3.15. The predicted octanol–water partition coefficient (Wildman–Crippen LogP) is 2.14. The lowest BCUT2D eigenvalue weighted by Crippen LogP contribution is -2.31. The summed E-state index contributed by atoms with van der Waals surface area (Å²) >= 11 is 0. The van der Waals surface area contributed by atoms with Gasteiger partial charge in [-0.3, -0.25) is 0 Å². The van der Waals surface area contributed by atoms with E-state index in [1.54, 1.807) is 0 Å². The molecule has 0 aliphatic heterocycles. The Bertz CT molecular complexity index is 269. The van der Waals surface area contributed by atoms with Crippen LogP contribution in [0, 0.1) is 5.92 Å². The highest BCUT2D eigenvalue weighted by Crippen LogP contribution is 2.24. The molecule has 0 saturated carbocycles. The molecule has 0 amide bonds. The molecule has 0 aliphatic carbocycles. The molecule has 1 rings (SSSR count). The summed E-state index contributed by atoms with van der Waals surface area (Å²) in [4.78, 5) is 0. The van der Waals surface area contributed by atoms with Gasteiger partial charge >= 0.3 is 0 Å². The lowest BCUT2D eigenvalue weighted by molar-refractivity contribution is 0.0870. The van der Waals surface area contributed by atoms with E-state index < -0.39 is 0 Å². The summed E-state index contributed by atoms with van der Waals surface area (Å²) in [6.07, 6.45) is 0.580. The van der Waals surface area contributed by atoms with Crippen LogP contribution in [0.5, 0.6) is 0 Å². The Hall–Kier alpha value is -0.860. The Morgan fingerprint density at radius 3 is 2.33 bits per heavy atom. The van der Waals surface area contributed by atoms with E-state index in [-0.39, 0.29) is 17.9 Å². The Kier molecular flexibility index (Phi) is 4.79. The number of benzene rings is 1. The minimum atomic E-state index is -0.345. The average molecular weight is 207 g/mol. The third-order valence-electron chi connectivity index (χ3n) is 3.15. The molecule has 0 radical (unpaired) electrons. The molecule has 0 bridgehead atoms. The Morgan fingerprint density at radius 1 is 1.27 bits per heavy atom. The topological polar surface area (TPSA) is 46.2 Å². The molecule has 0 saturated heterocycles. The summed E-state index contributed by atoms with van der Waals surface area (Å²) in [5.74, 6) is 0.347. The van der Waals surface area contributed by atoms with E-state index in [1.165, 1.54) is 5.56 Å². The van der Waals surface area contributed by atoms with Crippen molar-refractivity contribution in [1.82, 2.24) is 0 Å². The van der Waals surface area contributed by atoms with Crippen molar-refractivity contribution in [3.05, 3.63) is 35.9 Å². The SMILES string of the molecule is CCC(CN)C(O)C(C)c1ccccc1. The summed E-state index contributed by atoms with van der Waals surface area (Å²) in [7, 11) is 0. The second-order valence-corrected chi connectivity index (χ2v) is 4.09. The Morgan fingerprint density at radius 2 is 1.87 bits per heavy atom. The summed E-state index contributed by atoms with van der Waals surface area (Å²) in [6.45, 7) is 4.67. The first-order valence-electron chi connectivity index (χ1n) is 5.63. The normalized spacial score (nSPS) is 17.1. The van der Waals surface area contributed by atoms with Crippen molar-refractivity contribution >= 4 is 0 Å². The van der Waals surface area contributed by atoms with E-state index in [4.69, 9.17) is 5.73 Å². The number of nitrogens with two attached hydrogens (primary N) is 1. The molecule has 3 atom stereocenters. The van der Waals surface area contributed by atoms with Gasteiger partial charge in [0.05, 0.1) is 6.10 Å². The molecule has 2 nitrogen and oxygen atoms in total. The van der Waals surface area contributed by atoms with Gasteiger partial charge in [-0.15, -0.1) is 0 Å². The minimum Gasteiger partial charge on any atom is -0.392 e. The van der Waals surface area contributed by atoms with Gasteiger partial charge in [-0.1, -0.05) is 44.2 Å². The van der Waals surface area contributed by atoms with Crippen LogP contribution in [0.15, 0.2) is 30.3 Å². The highest BCUT2D eigenvalue weighted by Gasteiger charge is 2.23. The smallest absolute Gasteiger partial charge is 0.0646 e. The second kappa shape index (κ2) is 5.89. The first-order chi connectivity index (χ1) is 7.20. The zero-order valence-electron chi connectivity index (χ0n) is 9.56. The maximum Gasteiger partial charge on any atom is 0.0646 e. The van der Waals surface area contributed by atoms with Gasteiger partial charge in [0, 0.05) is 5.92 Å². The number of aliphatic hydroxyl groups excluding tert-OH is 1. The van der Waals surface area contributed by atoms with E-state index in [0.29, 0.717) is 6.54 Å². The predicted molar refractivity (Wildman–Crippen MR) is 63.7 cm³/mol. The summed E-state index contributed by atoms with van der Waals surface area (Å²) in [5, 5.41) is 10.2. The van der Waals surface area contributed by atoms with Crippen molar-refractivity contribution in [2.24, 2.45) is 11.7 Å². The molecule has 15 heavy (non-hydrogen) atoms. The van der Waals surface area contributed by atoms with Crippen LogP contribution >= 0.6 is 0 Å². The fourth-order valence-electron chi connectivity index (χ4n) is 1.91. The van der Waals surface area contributed by atoms with Crippen LogP contribution in [-0.4, -0.2) is 17.8 Å². The van der Waals surface area contributed by atoms with Crippen molar-refractivity contribution in [3.63, 3.8) is 0 Å². The first-order valence-corrected chi connectivity index (χ1v) is 5.63. The van der Waals surface area contributed by atoms with E-state index in [9.17, 15) is 5.11 Å². The first kappa shape index (κ1) is 12.2. The number of rotatable bonds is 5. The van der Waals surface area contributed by atoms with Crippen molar-refractivity contribution < 1.29 is 5.11 Å². The van der Waals surface area contributed by atoms with E-state index in [0.717, 1.165) is 6.42 Å². The molecule has 0 heterocycles. The van der Waals surface area contributed by atoms with Crippen LogP contribution in [0.1, 0.15) is 31.7 Å². The Balaban J connectivity index is 2.71. The lowest BCUT2D eigenvalue weighted by atomic mass is 9.86. The van der Waals surface area contributed by atoms with Gasteiger partial charge < -0.3 is 10.8 Å². The molecular formula is C13H21NO. The summed E-state index contributed by atoms with van der Waals surface area (Å²) < 4.78 is 0. The van der Waals surface area contributed by atoms with Crippen LogP contribution in [0.4, 0.5) is 0 Å². The van der Waals surface area contributed by atoms with Gasteiger partial charge in [0.1, 0.15) is 0 Å². The third kappa shape index (κ3) is 3.05. The largest absolute Gasteiger partial charge is 0.392 e. The molecule has 3 N–H and O–H groups in total. The van der Waals surface area contributed by atoms with Gasteiger partial charge in [0.15, 0.2) is 0 Å². The standard InChI is InChI=1S/C13H21NO/c1-3-11(9-14)13(15)10(2)12-7-5-4-6-8-12/h4-8,10-11,13,15H,3,9,14H2,1-2H3. The minimum absolute atomic E-state index is 0.152. The van der Waals surface area contributed by atoms with Gasteiger partial charge in [-0.25, -0.2) is 0 Å². The molecule has 0 aliphatic rings. The van der Waals surface area contributed by atoms with Crippen LogP contribution in [0.25, 0.3) is 0 Å². The van der Waals surface area contributed by atoms with Crippen molar-refractivity contribution in [2.75, 3.05) is 6.54 Å². The quantitative estimate of drug-likeness (QED) is 0.777. The zero-order chi connectivity index (χ0) is 11.3. The van der Waals surface area contributed by atoms with Crippen LogP contribution in [0.2, 0.25) is 0 Å². The molecule has 84 valence electrons. The van der Waals surface area contributed by atoms with Crippen LogP contribution < -0.4 is 5.73 Å². The van der Waals surface area contributed by atoms with E-state index in [2.05, 4.69) is 26.0 Å². The monoisotopic (exact) mass is 207 g/mol. The lowest BCUT2D eigenvalue weighted by Gasteiger charge is -2.26. The fourth-order valence-corrected chi connectivity index (χ4v) is 1.91. The maximum absolute atomic E-state index is 10.2. The van der Waals surface area contributed by atoms with Crippen molar-refractivity contribution in [1.29, 1.82) is 0 Å². The molecule has 1 aromatic carbocycles. The number of hydrogen-bond acceptors (Lipinski definition) is 2. The van der Waals surface area contributed by atoms with Crippen molar-refractivity contribution in [3.8, 4) is 0 Å². The fraction of sp³-hybridized carbons (Fsp3) is 0.538. The van der Waals surface area contributed by atoms with E-state index in [1.807, 2.05) is 18.2 Å². The molecule has 0 aromatic heterocycles. The molecule has 1 aromatic rings. The molecule has 0 fully saturated rings. The molecule has 2 heteroatoms.